The van der Waals surface area contributed by atoms with Gasteiger partial charge in [-0.05, 0) is 52.2 Å². The molecule has 1 fully saturated rings. The van der Waals surface area contributed by atoms with Gasteiger partial charge in [-0.25, -0.2) is 23.2 Å². The van der Waals surface area contributed by atoms with Crippen LogP contribution in [-0.2, 0) is 10.3 Å². The number of fused-ring (bicyclic) bond motifs is 7. The average Bonchev–Trinajstić information content (AvgIpc) is 3.37. The number of hydrogen-bond donors (Lipinski definition) is 3. The minimum absolute atomic E-state index is 0.00929. The highest BCUT2D eigenvalue weighted by Gasteiger charge is 2.34. The van der Waals surface area contributed by atoms with Crippen LogP contribution in [0.25, 0.3) is 0 Å². The van der Waals surface area contributed by atoms with Gasteiger partial charge < -0.3 is 20.7 Å². The predicted molar refractivity (Wildman–Crippen MR) is 117 cm³/mol. The molecule has 33 heavy (non-hydrogen) atoms. The lowest BCUT2D eigenvalue weighted by atomic mass is 10.0. The Morgan fingerprint density at radius 2 is 1.91 bits per heavy atom. The number of alkyl halides is 2. The number of aromatic nitrogens is 3. The molecule has 6 bridgehead atoms. The molecule has 2 aromatic heterocycles. The topological polar surface area (TPSA) is 110 Å². The van der Waals surface area contributed by atoms with Crippen molar-refractivity contribution in [3.63, 3.8) is 0 Å². The van der Waals surface area contributed by atoms with Gasteiger partial charge >= 0.3 is 6.09 Å². The van der Waals surface area contributed by atoms with E-state index in [-0.39, 0.29) is 23.3 Å². The number of nitrogens with zero attached hydrogens (tertiary/aromatic N) is 3. The zero-order valence-corrected chi connectivity index (χ0v) is 18.8. The SMILES string of the molecule is CC(C)(C)n1nc2cc1Nc1cccc(n1)C(=O)NCC(F)(F)CNC(=O)O[C@@H]1CC[C@H]2C1. The molecule has 2 amide bonds. The van der Waals surface area contributed by atoms with Crippen LogP contribution in [0.3, 0.4) is 0 Å². The first-order valence-corrected chi connectivity index (χ1v) is 11.0. The van der Waals surface area contributed by atoms with Gasteiger partial charge in [0.05, 0.1) is 24.3 Å². The van der Waals surface area contributed by atoms with E-state index < -0.39 is 31.0 Å². The van der Waals surface area contributed by atoms with Crippen LogP contribution in [-0.4, -0.2) is 51.9 Å². The summed E-state index contributed by atoms with van der Waals surface area (Å²) < 4.78 is 35.5. The molecule has 2 aliphatic rings. The first-order valence-electron chi connectivity index (χ1n) is 11.0. The van der Waals surface area contributed by atoms with Crippen molar-refractivity contribution in [1.29, 1.82) is 0 Å². The Hall–Kier alpha value is -3.24. The molecule has 3 heterocycles. The van der Waals surface area contributed by atoms with Gasteiger partial charge in [0.15, 0.2) is 0 Å². The molecule has 0 saturated heterocycles. The summed E-state index contributed by atoms with van der Waals surface area (Å²) in [7, 11) is 0. The molecule has 2 atom stereocenters. The van der Waals surface area contributed by atoms with Crippen LogP contribution < -0.4 is 16.0 Å². The molecule has 1 aliphatic heterocycles. The maximum atomic E-state index is 14.2. The zero-order chi connectivity index (χ0) is 23.8. The lowest BCUT2D eigenvalue weighted by Crippen LogP contribution is -2.45. The van der Waals surface area contributed by atoms with Gasteiger partial charge in [0.25, 0.3) is 11.8 Å². The highest BCUT2D eigenvalue weighted by Crippen LogP contribution is 2.37. The molecule has 0 aromatic carbocycles. The van der Waals surface area contributed by atoms with Crippen molar-refractivity contribution in [2.45, 2.75) is 63.5 Å². The van der Waals surface area contributed by atoms with E-state index in [1.807, 2.05) is 31.5 Å². The van der Waals surface area contributed by atoms with Crippen molar-refractivity contribution < 1.29 is 23.1 Å². The van der Waals surface area contributed by atoms with E-state index in [1.165, 1.54) is 6.07 Å². The van der Waals surface area contributed by atoms with Gasteiger partial charge in [0.1, 0.15) is 23.4 Å². The first-order chi connectivity index (χ1) is 15.5. The molecule has 4 rings (SSSR count). The van der Waals surface area contributed by atoms with E-state index in [1.54, 1.807) is 12.1 Å². The Labute approximate surface area is 190 Å². The van der Waals surface area contributed by atoms with E-state index in [4.69, 9.17) is 9.84 Å². The Morgan fingerprint density at radius 1 is 1.15 bits per heavy atom. The highest BCUT2D eigenvalue weighted by atomic mass is 19.3. The molecule has 2 aromatic rings. The summed E-state index contributed by atoms with van der Waals surface area (Å²) >= 11 is 0. The second-order valence-electron chi connectivity index (χ2n) is 9.50. The fraction of sp³-hybridized carbons (Fsp3) is 0.545. The lowest BCUT2D eigenvalue weighted by molar-refractivity contribution is 0.00124. The van der Waals surface area contributed by atoms with Crippen molar-refractivity contribution >= 4 is 23.6 Å². The average molecular weight is 463 g/mol. The minimum atomic E-state index is -3.35. The third-order valence-corrected chi connectivity index (χ3v) is 5.68. The van der Waals surface area contributed by atoms with E-state index in [0.717, 1.165) is 12.1 Å². The summed E-state index contributed by atoms with van der Waals surface area (Å²) in [6.45, 7) is 4.17. The summed E-state index contributed by atoms with van der Waals surface area (Å²) in [5.41, 5.74) is 0.499. The molecule has 0 radical (unpaired) electrons. The minimum Gasteiger partial charge on any atom is -0.446 e. The third kappa shape index (κ3) is 5.40. The highest BCUT2D eigenvalue weighted by molar-refractivity contribution is 5.92. The summed E-state index contributed by atoms with van der Waals surface area (Å²) in [6, 6.07) is 6.70. The molecule has 1 saturated carbocycles. The fourth-order valence-corrected chi connectivity index (χ4v) is 4.03. The second-order valence-corrected chi connectivity index (χ2v) is 9.50. The third-order valence-electron chi connectivity index (χ3n) is 5.68. The van der Waals surface area contributed by atoms with E-state index in [9.17, 15) is 18.4 Å². The van der Waals surface area contributed by atoms with E-state index in [0.29, 0.717) is 24.5 Å². The van der Waals surface area contributed by atoms with Gasteiger partial charge in [0, 0.05) is 12.0 Å². The Bertz CT molecular complexity index is 1050. The van der Waals surface area contributed by atoms with Crippen molar-refractivity contribution in [2.75, 3.05) is 18.4 Å². The molecule has 1 aliphatic carbocycles. The molecule has 178 valence electrons. The Balaban J connectivity index is 1.68. The van der Waals surface area contributed by atoms with Crippen LogP contribution in [0, 0.1) is 0 Å². The van der Waals surface area contributed by atoms with E-state index >= 15 is 0 Å². The summed E-state index contributed by atoms with van der Waals surface area (Å²) in [5, 5.41) is 12.3. The smallest absolute Gasteiger partial charge is 0.407 e. The number of ether oxygens (including phenoxy) is 1. The predicted octanol–water partition coefficient (Wildman–Crippen LogP) is 3.52. The standard InChI is InChI=1S/C22H28F2N6O3/c1-21(2,3)30-18-10-16(29-30)13-7-8-14(9-13)33-20(32)26-12-22(23,24)11-25-19(31)15-5-4-6-17(27-15)28-18/h4-6,10,13-14H,7-9,11-12H2,1-3H3,(H,25,31)(H,26,32)(H,27,28)/t13-,14+/m0/s1. The lowest BCUT2D eigenvalue weighted by Gasteiger charge is -2.22. The van der Waals surface area contributed by atoms with Crippen molar-refractivity contribution in [2.24, 2.45) is 0 Å². The molecule has 11 heteroatoms. The molecule has 0 spiro atoms. The molecule has 3 N–H and O–H groups in total. The van der Waals surface area contributed by atoms with Crippen LogP contribution in [0.15, 0.2) is 24.3 Å². The van der Waals surface area contributed by atoms with E-state index in [2.05, 4.69) is 20.9 Å². The van der Waals surface area contributed by atoms with Gasteiger partial charge in [-0.3, -0.25) is 4.79 Å². The van der Waals surface area contributed by atoms with Crippen molar-refractivity contribution in [1.82, 2.24) is 25.4 Å². The molecular weight excluding hydrogens is 434 g/mol. The fourth-order valence-electron chi connectivity index (χ4n) is 4.03. The number of amides is 2. The second kappa shape index (κ2) is 8.60. The first kappa shape index (κ1) is 22.9. The number of pyridine rings is 1. The van der Waals surface area contributed by atoms with Gasteiger partial charge in [-0.15, -0.1) is 0 Å². The number of carbonyl (C=O) groups is 2. The van der Waals surface area contributed by atoms with Crippen molar-refractivity contribution in [3.05, 3.63) is 35.7 Å². The van der Waals surface area contributed by atoms with Crippen LogP contribution >= 0.6 is 0 Å². The normalized spacial score (nSPS) is 23.4. The molecular formula is C22H28F2N6O3. The maximum absolute atomic E-state index is 14.2. The van der Waals surface area contributed by atoms with Crippen LogP contribution in [0.5, 0.6) is 0 Å². The number of carbonyl (C=O) groups excluding carboxylic acids is 2. The number of anilines is 2. The summed E-state index contributed by atoms with van der Waals surface area (Å²) in [6.07, 6.45) is 0.676. The number of rotatable bonds is 0. The van der Waals surface area contributed by atoms with Crippen LogP contribution in [0.2, 0.25) is 0 Å². The largest absolute Gasteiger partial charge is 0.446 e. The number of alkyl carbamates (subject to hydrolysis) is 1. The summed E-state index contributed by atoms with van der Waals surface area (Å²) in [5.74, 6) is -2.94. The monoisotopic (exact) mass is 462 g/mol. The Kier molecular flexibility index (Phi) is 5.98. The van der Waals surface area contributed by atoms with Crippen LogP contribution in [0.4, 0.5) is 25.2 Å². The number of hydrogen-bond acceptors (Lipinski definition) is 6. The zero-order valence-electron chi connectivity index (χ0n) is 18.8. The Morgan fingerprint density at radius 3 is 2.67 bits per heavy atom. The molecule has 9 nitrogen and oxygen atoms in total. The van der Waals surface area contributed by atoms with Crippen LogP contribution in [0.1, 0.15) is 62.1 Å². The summed E-state index contributed by atoms with van der Waals surface area (Å²) in [4.78, 5) is 28.7. The number of halogens is 2. The van der Waals surface area contributed by atoms with Gasteiger partial charge in [0.2, 0.25) is 0 Å². The van der Waals surface area contributed by atoms with Gasteiger partial charge in [-0.1, -0.05) is 6.07 Å². The van der Waals surface area contributed by atoms with Crippen molar-refractivity contribution in [3.8, 4) is 0 Å². The number of nitrogens with one attached hydrogen (secondary N) is 3. The molecule has 0 unspecified atom stereocenters. The maximum Gasteiger partial charge on any atom is 0.407 e. The quantitative estimate of drug-likeness (QED) is 0.553. The van der Waals surface area contributed by atoms with Gasteiger partial charge in [-0.2, -0.15) is 5.10 Å².